The molecule has 1 N–H and O–H groups in total. The van der Waals surface area contributed by atoms with Crippen LogP contribution in [0.25, 0.3) is 0 Å². The molecule has 0 saturated carbocycles. The molecule has 0 unspecified atom stereocenters. The second kappa shape index (κ2) is 6.96. The van der Waals surface area contributed by atoms with Crippen molar-refractivity contribution in [3.63, 3.8) is 0 Å². The molecular formula is C13H16N4S. The maximum absolute atomic E-state index is 4.29. The van der Waals surface area contributed by atoms with E-state index in [1.165, 1.54) is 5.56 Å². The summed E-state index contributed by atoms with van der Waals surface area (Å²) in [5, 5.41) is 4.28. The van der Waals surface area contributed by atoms with Crippen LogP contribution in [-0.2, 0) is 5.75 Å². The van der Waals surface area contributed by atoms with Crippen molar-refractivity contribution in [3.05, 3.63) is 42.5 Å². The molecule has 0 fully saturated rings. The Bertz CT molecular complexity index is 475. The van der Waals surface area contributed by atoms with Gasteiger partial charge in [-0.25, -0.2) is 15.0 Å². The van der Waals surface area contributed by atoms with Crippen LogP contribution in [0, 0.1) is 0 Å². The van der Waals surface area contributed by atoms with E-state index >= 15 is 0 Å². The zero-order valence-electron chi connectivity index (χ0n) is 10.3. The number of rotatable bonds is 6. The van der Waals surface area contributed by atoms with Crippen LogP contribution in [0.3, 0.4) is 0 Å². The Kier molecular flexibility index (Phi) is 4.96. The van der Waals surface area contributed by atoms with Crippen molar-refractivity contribution in [1.82, 2.24) is 15.0 Å². The fourth-order valence-electron chi connectivity index (χ4n) is 1.44. The van der Waals surface area contributed by atoms with Gasteiger partial charge in [0, 0.05) is 24.7 Å². The lowest BCUT2D eigenvalue weighted by Crippen LogP contribution is -2.01. The molecule has 4 nitrogen and oxygen atoms in total. The van der Waals surface area contributed by atoms with Gasteiger partial charge < -0.3 is 5.32 Å². The van der Waals surface area contributed by atoms with Gasteiger partial charge in [0.1, 0.15) is 12.1 Å². The minimum absolute atomic E-state index is 0.889. The van der Waals surface area contributed by atoms with Crippen molar-refractivity contribution in [3.8, 4) is 0 Å². The van der Waals surface area contributed by atoms with Crippen molar-refractivity contribution in [1.29, 1.82) is 0 Å². The smallest absolute Gasteiger partial charge is 0.126 e. The molecule has 0 radical (unpaired) electrons. The monoisotopic (exact) mass is 260 g/mol. The summed E-state index contributed by atoms with van der Waals surface area (Å²) in [7, 11) is 0. The third kappa shape index (κ3) is 4.00. The van der Waals surface area contributed by atoms with E-state index in [2.05, 4.69) is 33.3 Å². The highest BCUT2D eigenvalue weighted by atomic mass is 32.2. The maximum atomic E-state index is 4.29. The summed E-state index contributed by atoms with van der Waals surface area (Å²) >= 11 is 1.70. The zero-order valence-corrected chi connectivity index (χ0v) is 11.2. The largest absolute Gasteiger partial charge is 0.370 e. The van der Waals surface area contributed by atoms with Crippen LogP contribution in [0.5, 0.6) is 0 Å². The molecule has 0 aromatic carbocycles. The van der Waals surface area contributed by atoms with E-state index in [1.807, 2.05) is 18.3 Å². The predicted molar refractivity (Wildman–Crippen MR) is 74.6 cm³/mol. The van der Waals surface area contributed by atoms with Crippen LogP contribution >= 0.6 is 11.8 Å². The van der Waals surface area contributed by atoms with E-state index in [0.717, 1.165) is 29.6 Å². The third-order valence-corrected chi connectivity index (χ3v) is 3.34. The molecular weight excluding hydrogens is 244 g/mol. The Labute approximate surface area is 111 Å². The summed E-state index contributed by atoms with van der Waals surface area (Å²) in [5.74, 6) is 1.83. The highest BCUT2D eigenvalue weighted by Gasteiger charge is 1.99. The number of hydrogen-bond acceptors (Lipinski definition) is 5. The molecule has 0 atom stereocenters. The number of nitrogens with zero attached hydrogens (tertiary/aromatic N) is 3. The van der Waals surface area contributed by atoms with Gasteiger partial charge in [0.2, 0.25) is 0 Å². The number of anilines is 1. The number of thioether (sulfide) groups is 1. The lowest BCUT2D eigenvalue weighted by Gasteiger charge is -2.06. The normalized spacial score (nSPS) is 10.3. The number of nitrogens with one attached hydrogen (secondary N) is 1. The van der Waals surface area contributed by atoms with E-state index in [-0.39, 0.29) is 0 Å². The van der Waals surface area contributed by atoms with Crippen molar-refractivity contribution in [2.24, 2.45) is 0 Å². The Balaban J connectivity index is 1.93. The Hall–Kier alpha value is -1.62. The molecule has 2 aromatic rings. The predicted octanol–water partition coefficient (Wildman–Crippen LogP) is 2.99. The molecule has 0 aliphatic heterocycles. The van der Waals surface area contributed by atoms with Gasteiger partial charge in [0.15, 0.2) is 0 Å². The van der Waals surface area contributed by atoms with Crippen molar-refractivity contribution >= 4 is 17.6 Å². The quantitative estimate of drug-likeness (QED) is 0.639. The highest BCUT2D eigenvalue weighted by Crippen LogP contribution is 2.20. The second-order valence-corrected chi connectivity index (χ2v) is 4.81. The molecule has 0 spiro atoms. The number of hydrogen-bond donors (Lipinski definition) is 1. The molecule has 18 heavy (non-hydrogen) atoms. The first-order chi connectivity index (χ1) is 8.88. The summed E-state index contributed by atoms with van der Waals surface area (Å²) in [5.41, 5.74) is 1.24. The average molecular weight is 260 g/mol. The van der Waals surface area contributed by atoms with E-state index in [4.69, 9.17) is 0 Å². The first-order valence-electron chi connectivity index (χ1n) is 5.96. The summed E-state index contributed by atoms with van der Waals surface area (Å²) in [4.78, 5) is 12.4. The molecule has 0 saturated heterocycles. The SMILES string of the molecule is CCCNc1cc(CSc2ccncn2)ccn1. The van der Waals surface area contributed by atoms with E-state index in [9.17, 15) is 0 Å². The van der Waals surface area contributed by atoms with E-state index in [0.29, 0.717) is 0 Å². The van der Waals surface area contributed by atoms with E-state index in [1.54, 1.807) is 24.3 Å². The second-order valence-electron chi connectivity index (χ2n) is 3.81. The Morgan fingerprint density at radius 3 is 2.94 bits per heavy atom. The van der Waals surface area contributed by atoms with E-state index < -0.39 is 0 Å². The topological polar surface area (TPSA) is 50.7 Å². The van der Waals surface area contributed by atoms with Crippen LogP contribution in [0.15, 0.2) is 41.9 Å². The summed E-state index contributed by atoms with van der Waals surface area (Å²) in [6.45, 7) is 3.09. The molecule has 94 valence electrons. The van der Waals surface area contributed by atoms with Gasteiger partial charge in [-0.1, -0.05) is 6.92 Å². The maximum Gasteiger partial charge on any atom is 0.126 e. The zero-order chi connectivity index (χ0) is 12.6. The molecule has 0 bridgehead atoms. The van der Waals surface area contributed by atoms with Gasteiger partial charge in [-0.05, 0) is 30.2 Å². The first kappa shape index (κ1) is 12.8. The summed E-state index contributed by atoms with van der Waals surface area (Å²) < 4.78 is 0. The fraction of sp³-hybridized carbons (Fsp3) is 0.308. The molecule has 0 amide bonds. The minimum atomic E-state index is 0.889. The molecule has 2 heterocycles. The first-order valence-corrected chi connectivity index (χ1v) is 6.94. The molecule has 0 aliphatic rings. The van der Waals surface area contributed by atoms with Crippen LogP contribution in [0.2, 0.25) is 0 Å². The molecule has 0 aliphatic carbocycles. The van der Waals surface area contributed by atoms with Gasteiger partial charge in [-0.15, -0.1) is 11.8 Å². The lowest BCUT2D eigenvalue weighted by molar-refractivity contribution is 0.968. The number of pyridine rings is 1. The lowest BCUT2D eigenvalue weighted by atomic mass is 10.3. The van der Waals surface area contributed by atoms with Crippen LogP contribution in [0.4, 0.5) is 5.82 Å². The highest BCUT2D eigenvalue weighted by molar-refractivity contribution is 7.98. The molecule has 2 rings (SSSR count). The van der Waals surface area contributed by atoms with Gasteiger partial charge in [-0.2, -0.15) is 0 Å². The molecule has 5 heteroatoms. The Morgan fingerprint density at radius 2 is 2.17 bits per heavy atom. The van der Waals surface area contributed by atoms with Gasteiger partial charge in [-0.3, -0.25) is 0 Å². The standard InChI is InChI=1S/C13H16N4S/c1-2-5-15-12-8-11(3-7-16-12)9-18-13-4-6-14-10-17-13/h3-4,6-8,10H,2,5,9H2,1H3,(H,15,16). The summed E-state index contributed by atoms with van der Waals surface area (Å²) in [6, 6.07) is 6.04. The van der Waals surface area contributed by atoms with Crippen molar-refractivity contribution in [2.75, 3.05) is 11.9 Å². The van der Waals surface area contributed by atoms with Crippen molar-refractivity contribution < 1.29 is 0 Å². The third-order valence-electron chi connectivity index (χ3n) is 2.32. The van der Waals surface area contributed by atoms with Crippen LogP contribution < -0.4 is 5.32 Å². The van der Waals surface area contributed by atoms with Crippen LogP contribution in [-0.4, -0.2) is 21.5 Å². The van der Waals surface area contributed by atoms with Crippen LogP contribution in [0.1, 0.15) is 18.9 Å². The fourth-order valence-corrected chi connectivity index (χ4v) is 2.21. The van der Waals surface area contributed by atoms with Crippen molar-refractivity contribution in [2.45, 2.75) is 24.1 Å². The minimum Gasteiger partial charge on any atom is -0.370 e. The summed E-state index contributed by atoms with van der Waals surface area (Å²) in [6.07, 6.45) is 6.27. The van der Waals surface area contributed by atoms with Gasteiger partial charge in [0.25, 0.3) is 0 Å². The van der Waals surface area contributed by atoms with Gasteiger partial charge >= 0.3 is 0 Å². The van der Waals surface area contributed by atoms with Gasteiger partial charge in [0.05, 0.1) is 5.03 Å². The molecule has 2 aromatic heterocycles. The average Bonchev–Trinajstić information content (AvgIpc) is 2.44. The number of aromatic nitrogens is 3. The Morgan fingerprint density at radius 1 is 1.22 bits per heavy atom.